The number of ether oxygens (including phenoxy) is 1. The van der Waals surface area contributed by atoms with E-state index in [1.807, 2.05) is 4.57 Å². The largest absolute Gasteiger partial charge is 0.381 e. The fraction of sp³-hybridized carbons (Fsp3) is 0.714. The summed E-state index contributed by atoms with van der Waals surface area (Å²) in [6.45, 7) is 2.45. The van der Waals surface area contributed by atoms with Gasteiger partial charge in [-0.25, -0.2) is 5.10 Å². The third-order valence-corrected chi connectivity index (χ3v) is 2.56. The molecule has 5 nitrogen and oxygen atoms in total. The van der Waals surface area contributed by atoms with Crippen molar-refractivity contribution in [1.29, 1.82) is 0 Å². The molecule has 1 aliphatic heterocycles. The van der Waals surface area contributed by atoms with E-state index in [1.54, 1.807) is 0 Å². The van der Waals surface area contributed by atoms with Gasteiger partial charge in [-0.3, -0.25) is 4.57 Å². The first-order valence-electron chi connectivity index (χ1n) is 4.26. The molecule has 0 amide bonds. The van der Waals surface area contributed by atoms with E-state index in [1.165, 1.54) is 0 Å². The minimum Gasteiger partial charge on any atom is -0.381 e. The molecule has 0 saturated carbocycles. The Morgan fingerprint density at radius 1 is 1.77 bits per heavy atom. The van der Waals surface area contributed by atoms with Crippen molar-refractivity contribution in [3.63, 3.8) is 0 Å². The molecule has 1 saturated heterocycles. The number of nitrogens with one attached hydrogen (secondary N) is 1. The van der Waals surface area contributed by atoms with E-state index in [4.69, 9.17) is 22.7 Å². The van der Waals surface area contributed by atoms with Crippen molar-refractivity contribution < 1.29 is 4.74 Å². The van der Waals surface area contributed by atoms with Crippen LogP contribution in [0.15, 0.2) is 0 Å². The van der Waals surface area contributed by atoms with Gasteiger partial charge in [-0.2, -0.15) is 0 Å². The van der Waals surface area contributed by atoms with E-state index in [9.17, 15) is 0 Å². The first-order chi connectivity index (χ1) is 6.27. The zero-order valence-corrected chi connectivity index (χ0v) is 8.01. The topological polar surface area (TPSA) is 68.9 Å². The monoisotopic (exact) mass is 200 g/mol. The second-order valence-corrected chi connectivity index (χ2v) is 3.61. The smallest absolute Gasteiger partial charge is 0.220 e. The lowest BCUT2D eigenvalue weighted by Crippen LogP contribution is -2.12. The number of H-pyrrole nitrogens is 1. The molecule has 0 aliphatic carbocycles. The molecule has 2 heterocycles. The van der Waals surface area contributed by atoms with E-state index in [2.05, 4.69) is 10.2 Å². The van der Waals surface area contributed by atoms with Gasteiger partial charge in [0.25, 0.3) is 0 Å². The second-order valence-electron chi connectivity index (χ2n) is 3.23. The number of aromatic nitrogens is 3. The zero-order valence-electron chi connectivity index (χ0n) is 7.19. The SMILES string of the molecule is Nc1n[nH]c(=S)n1CC1CCOC1. The lowest BCUT2D eigenvalue weighted by atomic mass is 10.1. The molecule has 0 spiro atoms. The summed E-state index contributed by atoms with van der Waals surface area (Å²) in [5.74, 6) is 0.975. The summed E-state index contributed by atoms with van der Waals surface area (Å²) in [5.41, 5.74) is 5.63. The summed E-state index contributed by atoms with van der Waals surface area (Å²) in [6, 6.07) is 0. The Morgan fingerprint density at radius 3 is 3.15 bits per heavy atom. The van der Waals surface area contributed by atoms with Gasteiger partial charge in [-0.15, -0.1) is 5.10 Å². The standard InChI is InChI=1S/C7H12N4OS/c8-6-9-10-7(13)11(6)3-5-1-2-12-4-5/h5H,1-4H2,(H2,8,9)(H,10,13). The Morgan fingerprint density at radius 2 is 2.62 bits per heavy atom. The van der Waals surface area contributed by atoms with Crippen LogP contribution < -0.4 is 5.73 Å². The molecule has 0 bridgehead atoms. The van der Waals surface area contributed by atoms with Gasteiger partial charge in [0.15, 0.2) is 4.77 Å². The van der Waals surface area contributed by atoms with Crippen molar-refractivity contribution in [3.8, 4) is 0 Å². The van der Waals surface area contributed by atoms with Crippen LogP contribution in [0.5, 0.6) is 0 Å². The van der Waals surface area contributed by atoms with Gasteiger partial charge < -0.3 is 10.5 Å². The van der Waals surface area contributed by atoms with E-state index in [-0.39, 0.29) is 0 Å². The van der Waals surface area contributed by atoms with Gasteiger partial charge in [0.05, 0.1) is 6.61 Å². The minimum atomic E-state index is 0.455. The fourth-order valence-corrected chi connectivity index (χ4v) is 1.71. The molecule has 3 N–H and O–H groups in total. The quantitative estimate of drug-likeness (QED) is 0.684. The van der Waals surface area contributed by atoms with Crippen LogP contribution in [0.1, 0.15) is 6.42 Å². The lowest BCUT2D eigenvalue weighted by Gasteiger charge is -2.08. The van der Waals surface area contributed by atoms with Crippen LogP contribution in [-0.4, -0.2) is 28.0 Å². The van der Waals surface area contributed by atoms with E-state index >= 15 is 0 Å². The van der Waals surface area contributed by atoms with Gasteiger partial charge in [-0.05, 0) is 18.6 Å². The number of nitrogen functional groups attached to an aromatic ring is 1. The Kier molecular flexibility index (Phi) is 2.32. The molecule has 1 aromatic heterocycles. The highest BCUT2D eigenvalue weighted by atomic mass is 32.1. The average molecular weight is 200 g/mol. The zero-order chi connectivity index (χ0) is 9.26. The molecule has 1 aliphatic rings. The number of hydrogen-bond acceptors (Lipinski definition) is 4. The molecular weight excluding hydrogens is 188 g/mol. The first kappa shape index (κ1) is 8.71. The molecule has 1 fully saturated rings. The van der Waals surface area contributed by atoms with Crippen LogP contribution in [-0.2, 0) is 11.3 Å². The molecular formula is C7H12N4OS. The van der Waals surface area contributed by atoms with Gasteiger partial charge in [-0.1, -0.05) is 0 Å². The summed E-state index contributed by atoms with van der Waals surface area (Å²) in [4.78, 5) is 0. The molecule has 1 unspecified atom stereocenters. The third-order valence-electron chi connectivity index (χ3n) is 2.25. The molecule has 0 aromatic carbocycles. The van der Waals surface area contributed by atoms with Gasteiger partial charge in [0, 0.05) is 19.1 Å². The fourth-order valence-electron chi connectivity index (χ4n) is 1.49. The number of anilines is 1. The van der Waals surface area contributed by atoms with Crippen LogP contribution in [0.2, 0.25) is 0 Å². The van der Waals surface area contributed by atoms with Gasteiger partial charge in [0.2, 0.25) is 5.95 Å². The number of nitrogens with two attached hydrogens (primary N) is 1. The van der Waals surface area contributed by atoms with Crippen LogP contribution in [0.4, 0.5) is 5.95 Å². The van der Waals surface area contributed by atoms with E-state index in [0.717, 1.165) is 26.2 Å². The molecule has 2 rings (SSSR count). The number of hydrogen-bond donors (Lipinski definition) is 2. The highest BCUT2D eigenvalue weighted by Crippen LogP contribution is 2.15. The maximum absolute atomic E-state index is 5.63. The van der Waals surface area contributed by atoms with Crippen LogP contribution in [0.25, 0.3) is 0 Å². The number of rotatable bonds is 2. The molecule has 0 radical (unpaired) electrons. The van der Waals surface area contributed by atoms with Crippen LogP contribution in [0, 0.1) is 10.7 Å². The van der Waals surface area contributed by atoms with Gasteiger partial charge in [0.1, 0.15) is 0 Å². The van der Waals surface area contributed by atoms with Crippen molar-refractivity contribution in [2.24, 2.45) is 5.92 Å². The lowest BCUT2D eigenvalue weighted by molar-refractivity contribution is 0.182. The Labute approximate surface area is 80.9 Å². The maximum Gasteiger partial charge on any atom is 0.220 e. The summed E-state index contributed by atoms with van der Waals surface area (Å²) >= 11 is 5.03. The minimum absolute atomic E-state index is 0.455. The Balaban J connectivity index is 2.12. The van der Waals surface area contributed by atoms with Crippen molar-refractivity contribution in [2.75, 3.05) is 18.9 Å². The molecule has 72 valence electrons. The molecule has 1 aromatic rings. The highest BCUT2D eigenvalue weighted by molar-refractivity contribution is 7.71. The van der Waals surface area contributed by atoms with E-state index < -0.39 is 0 Å². The predicted octanol–water partition coefficient (Wildman–Crippen LogP) is 0.559. The first-order valence-corrected chi connectivity index (χ1v) is 4.66. The second kappa shape index (κ2) is 3.47. The highest BCUT2D eigenvalue weighted by Gasteiger charge is 2.17. The van der Waals surface area contributed by atoms with Crippen LogP contribution >= 0.6 is 12.2 Å². The number of aromatic amines is 1. The number of nitrogens with zero attached hydrogens (tertiary/aromatic N) is 2. The molecule has 13 heavy (non-hydrogen) atoms. The van der Waals surface area contributed by atoms with Crippen molar-refractivity contribution in [1.82, 2.24) is 14.8 Å². The summed E-state index contributed by atoms with van der Waals surface area (Å²) < 4.78 is 7.67. The van der Waals surface area contributed by atoms with Crippen molar-refractivity contribution in [3.05, 3.63) is 4.77 Å². The Hall–Kier alpha value is -0.880. The van der Waals surface area contributed by atoms with Crippen molar-refractivity contribution >= 4 is 18.2 Å². The average Bonchev–Trinajstić information content (AvgIpc) is 2.70. The Bertz CT molecular complexity index is 339. The van der Waals surface area contributed by atoms with Gasteiger partial charge >= 0.3 is 0 Å². The summed E-state index contributed by atoms with van der Waals surface area (Å²) in [7, 11) is 0. The van der Waals surface area contributed by atoms with Crippen LogP contribution in [0.3, 0.4) is 0 Å². The predicted molar refractivity (Wildman–Crippen MR) is 50.8 cm³/mol. The summed E-state index contributed by atoms with van der Waals surface area (Å²) in [6.07, 6.45) is 1.08. The maximum atomic E-state index is 5.63. The molecule has 6 heteroatoms. The van der Waals surface area contributed by atoms with Crippen molar-refractivity contribution in [2.45, 2.75) is 13.0 Å². The normalized spacial score (nSPS) is 22.3. The summed E-state index contributed by atoms with van der Waals surface area (Å²) in [5, 5.41) is 6.50. The van der Waals surface area contributed by atoms with E-state index in [0.29, 0.717) is 16.6 Å². The third kappa shape index (κ3) is 1.73. The molecule has 1 atom stereocenters.